The monoisotopic (exact) mass is 406 g/mol. The molecular formula is C14H17Br2FN2O. The van der Waals surface area contributed by atoms with Gasteiger partial charge in [0, 0.05) is 36.0 Å². The van der Waals surface area contributed by atoms with E-state index < -0.39 is 5.82 Å². The zero-order valence-corrected chi connectivity index (χ0v) is 14.3. The Morgan fingerprint density at radius 1 is 1.25 bits per heavy atom. The smallest absolute Gasteiger partial charge is 0.256 e. The maximum absolute atomic E-state index is 13.9. The first-order valence-electron chi connectivity index (χ1n) is 6.64. The van der Waals surface area contributed by atoms with Crippen molar-refractivity contribution in [2.75, 3.05) is 38.1 Å². The van der Waals surface area contributed by atoms with Gasteiger partial charge in [0.2, 0.25) is 0 Å². The molecule has 1 saturated heterocycles. The van der Waals surface area contributed by atoms with E-state index in [9.17, 15) is 9.18 Å². The Labute approximate surface area is 135 Å². The molecule has 110 valence electrons. The van der Waals surface area contributed by atoms with Crippen LogP contribution in [-0.2, 0) is 0 Å². The first-order chi connectivity index (χ1) is 9.61. The van der Waals surface area contributed by atoms with Crippen LogP contribution in [0.5, 0.6) is 0 Å². The molecule has 0 aliphatic carbocycles. The Kier molecular flexibility index (Phi) is 5.99. The molecule has 0 spiro atoms. The molecule has 2 rings (SSSR count). The zero-order chi connectivity index (χ0) is 14.5. The molecule has 0 bridgehead atoms. The molecule has 1 fully saturated rings. The average molecular weight is 408 g/mol. The van der Waals surface area contributed by atoms with E-state index in [1.807, 2.05) is 0 Å². The summed E-state index contributed by atoms with van der Waals surface area (Å²) in [5.41, 5.74) is 0.155. The highest BCUT2D eigenvalue weighted by Crippen LogP contribution is 2.17. The second kappa shape index (κ2) is 7.52. The van der Waals surface area contributed by atoms with Crippen LogP contribution < -0.4 is 0 Å². The maximum atomic E-state index is 13.9. The lowest BCUT2D eigenvalue weighted by atomic mass is 10.2. The van der Waals surface area contributed by atoms with E-state index in [2.05, 4.69) is 36.8 Å². The molecule has 0 N–H and O–H groups in total. The second-order valence-electron chi connectivity index (χ2n) is 4.80. The van der Waals surface area contributed by atoms with Crippen molar-refractivity contribution in [3.63, 3.8) is 0 Å². The van der Waals surface area contributed by atoms with Gasteiger partial charge in [-0.1, -0.05) is 31.9 Å². The number of hydrogen-bond donors (Lipinski definition) is 0. The Balaban J connectivity index is 2.05. The van der Waals surface area contributed by atoms with Crippen LogP contribution >= 0.6 is 31.9 Å². The van der Waals surface area contributed by atoms with Crippen molar-refractivity contribution in [1.82, 2.24) is 9.80 Å². The van der Waals surface area contributed by atoms with Gasteiger partial charge in [0.15, 0.2) is 0 Å². The third-order valence-electron chi connectivity index (χ3n) is 3.44. The van der Waals surface area contributed by atoms with Gasteiger partial charge in [-0.2, -0.15) is 0 Å². The largest absolute Gasteiger partial charge is 0.337 e. The van der Waals surface area contributed by atoms with Crippen molar-refractivity contribution in [3.8, 4) is 0 Å². The molecule has 6 heteroatoms. The molecule has 0 atom stereocenters. The van der Waals surface area contributed by atoms with E-state index >= 15 is 0 Å². The van der Waals surface area contributed by atoms with Crippen LogP contribution in [0.25, 0.3) is 0 Å². The molecule has 3 nitrogen and oxygen atoms in total. The summed E-state index contributed by atoms with van der Waals surface area (Å²) < 4.78 is 14.5. The summed E-state index contributed by atoms with van der Waals surface area (Å²) in [7, 11) is 0. The number of carbonyl (C=O) groups is 1. The summed E-state index contributed by atoms with van der Waals surface area (Å²) in [6, 6.07) is 4.58. The lowest BCUT2D eigenvalue weighted by Gasteiger charge is -2.21. The Bertz CT molecular complexity index is 484. The number of benzene rings is 1. The minimum Gasteiger partial charge on any atom is -0.337 e. The normalized spacial score (nSPS) is 17.1. The standard InChI is InChI=1S/C14H17Br2FN2O/c15-4-7-18-5-1-6-19(9-8-18)14(20)12-3-2-11(16)10-13(12)17/h2-3,10H,1,4-9H2. The summed E-state index contributed by atoms with van der Waals surface area (Å²) in [5, 5.41) is 0.933. The van der Waals surface area contributed by atoms with Crippen molar-refractivity contribution in [1.29, 1.82) is 0 Å². The van der Waals surface area contributed by atoms with Crippen LogP contribution in [0, 0.1) is 5.82 Å². The summed E-state index contributed by atoms with van der Waals surface area (Å²) in [6.45, 7) is 4.15. The third kappa shape index (κ3) is 4.02. The molecule has 1 aromatic rings. The number of amides is 1. The Morgan fingerprint density at radius 3 is 2.75 bits per heavy atom. The third-order valence-corrected chi connectivity index (χ3v) is 4.29. The van der Waals surface area contributed by atoms with E-state index in [0.717, 1.165) is 31.4 Å². The fourth-order valence-electron chi connectivity index (χ4n) is 2.35. The van der Waals surface area contributed by atoms with Gasteiger partial charge < -0.3 is 9.80 Å². The van der Waals surface area contributed by atoms with E-state index in [1.54, 1.807) is 17.0 Å². The molecule has 0 unspecified atom stereocenters. The predicted octanol–water partition coefficient (Wildman–Crippen LogP) is 3.13. The minimum absolute atomic E-state index is 0.155. The molecule has 1 aromatic carbocycles. The van der Waals surface area contributed by atoms with Crippen LogP contribution in [0.15, 0.2) is 22.7 Å². The summed E-state index contributed by atoms with van der Waals surface area (Å²) in [5.74, 6) is -0.679. The van der Waals surface area contributed by atoms with Gasteiger partial charge >= 0.3 is 0 Å². The molecule has 1 aliphatic heterocycles. The highest BCUT2D eigenvalue weighted by Gasteiger charge is 2.22. The van der Waals surface area contributed by atoms with E-state index in [1.165, 1.54) is 6.07 Å². The Hall–Kier alpha value is -0.460. The molecule has 20 heavy (non-hydrogen) atoms. The number of rotatable bonds is 3. The van der Waals surface area contributed by atoms with Crippen molar-refractivity contribution < 1.29 is 9.18 Å². The van der Waals surface area contributed by atoms with Crippen LogP contribution in [-0.4, -0.2) is 53.8 Å². The highest BCUT2D eigenvalue weighted by molar-refractivity contribution is 9.10. The maximum Gasteiger partial charge on any atom is 0.256 e. The Morgan fingerprint density at radius 2 is 2.05 bits per heavy atom. The number of alkyl halides is 1. The first-order valence-corrected chi connectivity index (χ1v) is 8.56. The summed E-state index contributed by atoms with van der Waals surface area (Å²) in [6.07, 6.45) is 0.927. The molecule has 1 aliphatic rings. The number of halogens is 3. The SMILES string of the molecule is O=C(c1ccc(Br)cc1F)N1CCCN(CCBr)CC1. The molecule has 0 aromatic heterocycles. The predicted molar refractivity (Wildman–Crippen MR) is 84.9 cm³/mol. The van der Waals surface area contributed by atoms with E-state index in [-0.39, 0.29) is 11.5 Å². The van der Waals surface area contributed by atoms with Gasteiger partial charge in [0.1, 0.15) is 5.82 Å². The molecular weight excluding hydrogens is 391 g/mol. The topological polar surface area (TPSA) is 23.6 Å². The van der Waals surface area contributed by atoms with Crippen LogP contribution in [0.3, 0.4) is 0 Å². The number of carbonyl (C=O) groups excluding carboxylic acids is 1. The molecule has 0 saturated carbocycles. The quantitative estimate of drug-likeness (QED) is 0.718. The van der Waals surface area contributed by atoms with Gasteiger partial charge in [-0.3, -0.25) is 4.79 Å². The van der Waals surface area contributed by atoms with Gasteiger partial charge in [0.25, 0.3) is 5.91 Å². The summed E-state index contributed by atoms with van der Waals surface area (Å²) >= 11 is 6.63. The molecule has 0 radical (unpaired) electrons. The second-order valence-corrected chi connectivity index (χ2v) is 6.51. The van der Waals surface area contributed by atoms with Crippen LogP contribution in [0.1, 0.15) is 16.8 Å². The lowest BCUT2D eigenvalue weighted by molar-refractivity contribution is 0.0757. The fraction of sp³-hybridized carbons (Fsp3) is 0.500. The molecule has 1 amide bonds. The fourth-order valence-corrected chi connectivity index (χ4v) is 3.19. The van der Waals surface area contributed by atoms with Crippen molar-refractivity contribution in [2.45, 2.75) is 6.42 Å². The average Bonchev–Trinajstić information content (AvgIpc) is 2.64. The van der Waals surface area contributed by atoms with Crippen molar-refractivity contribution in [3.05, 3.63) is 34.1 Å². The van der Waals surface area contributed by atoms with Gasteiger partial charge in [-0.15, -0.1) is 0 Å². The van der Waals surface area contributed by atoms with Crippen LogP contribution in [0.2, 0.25) is 0 Å². The van der Waals surface area contributed by atoms with E-state index in [0.29, 0.717) is 17.6 Å². The van der Waals surface area contributed by atoms with Gasteiger partial charge in [0.05, 0.1) is 5.56 Å². The minimum atomic E-state index is -0.467. The van der Waals surface area contributed by atoms with E-state index in [4.69, 9.17) is 0 Å². The van der Waals surface area contributed by atoms with Crippen molar-refractivity contribution in [2.24, 2.45) is 0 Å². The van der Waals surface area contributed by atoms with Gasteiger partial charge in [-0.05, 0) is 31.2 Å². The number of hydrogen-bond acceptors (Lipinski definition) is 2. The number of nitrogens with zero attached hydrogens (tertiary/aromatic N) is 2. The summed E-state index contributed by atoms with van der Waals surface area (Å²) in [4.78, 5) is 16.5. The van der Waals surface area contributed by atoms with Crippen molar-refractivity contribution >= 4 is 37.8 Å². The first kappa shape index (κ1) is 15.9. The lowest BCUT2D eigenvalue weighted by Crippen LogP contribution is -2.36. The zero-order valence-electron chi connectivity index (χ0n) is 11.1. The van der Waals surface area contributed by atoms with Crippen LogP contribution in [0.4, 0.5) is 4.39 Å². The van der Waals surface area contributed by atoms with Gasteiger partial charge in [-0.25, -0.2) is 4.39 Å². The molecule has 1 heterocycles. The highest BCUT2D eigenvalue weighted by atomic mass is 79.9.